The molecule has 2 aromatic heterocycles. The van der Waals surface area contributed by atoms with Crippen molar-refractivity contribution in [3.05, 3.63) is 53.9 Å². The number of nitrogens with one attached hydrogen (secondary N) is 2. The smallest absolute Gasteiger partial charge is 0.251 e. The van der Waals surface area contributed by atoms with Crippen LogP contribution in [-0.4, -0.2) is 64.3 Å². The predicted molar refractivity (Wildman–Crippen MR) is 100 cm³/mol. The van der Waals surface area contributed by atoms with Gasteiger partial charge in [0.2, 0.25) is 0 Å². The molecular formula is C18H23N7O. The van der Waals surface area contributed by atoms with Crippen LogP contribution < -0.4 is 10.6 Å². The van der Waals surface area contributed by atoms with E-state index in [0.717, 1.165) is 18.9 Å². The molecule has 0 fully saturated rings. The Hall–Kier alpha value is -3.00. The highest BCUT2D eigenvalue weighted by atomic mass is 16.1. The molecule has 0 aliphatic heterocycles. The predicted octanol–water partition coefficient (Wildman–Crippen LogP) is 1.07. The monoisotopic (exact) mass is 353 g/mol. The molecule has 0 saturated carbocycles. The summed E-state index contributed by atoms with van der Waals surface area (Å²) in [6, 6.07) is 12.9. The maximum atomic E-state index is 12.1. The van der Waals surface area contributed by atoms with E-state index in [9.17, 15) is 4.79 Å². The summed E-state index contributed by atoms with van der Waals surface area (Å²) in [5.41, 5.74) is 1.33. The van der Waals surface area contributed by atoms with Gasteiger partial charge in [-0.25, -0.2) is 0 Å². The number of hydrogen-bond acceptors (Lipinski definition) is 6. The fourth-order valence-corrected chi connectivity index (χ4v) is 2.47. The third-order valence-electron chi connectivity index (χ3n) is 3.86. The first-order valence-corrected chi connectivity index (χ1v) is 8.56. The maximum absolute atomic E-state index is 12.1. The van der Waals surface area contributed by atoms with E-state index in [2.05, 4.69) is 30.8 Å². The minimum absolute atomic E-state index is 0.0987. The molecule has 2 N–H and O–H groups in total. The van der Waals surface area contributed by atoms with Crippen molar-refractivity contribution in [1.82, 2.24) is 30.0 Å². The summed E-state index contributed by atoms with van der Waals surface area (Å²) in [4.78, 5) is 14.2. The van der Waals surface area contributed by atoms with Gasteiger partial charge in [-0.1, -0.05) is 18.2 Å². The molecule has 3 rings (SSSR count). The molecule has 0 saturated heterocycles. The van der Waals surface area contributed by atoms with Crippen LogP contribution in [0.5, 0.6) is 0 Å². The summed E-state index contributed by atoms with van der Waals surface area (Å²) in [6.45, 7) is 2.19. The fraction of sp³-hybridized carbons (Fsp3) is 0.333. The quantitative estimate of drug-likeness (QED) is 0.630. The topological polar surface area (TPSA) is 87.5 Å². The Morgan fingerprint density at radius 1 is 1.08 bits per heavy atom. The zero-order valence-electron chi connectivity index (χ0n) is 15.0. The van der Waals surface area contributed by atoms with E-state index in [1.54, 1.807) is 16.6 Å². The van der Waals surface area contributed by atoms with Gasteiger partial charge in [0, 0.05) is 31.6 Å². The highest BCUT2D eigenvalue weighted by molar-refractivity contribution is 5.94. The third-order valence-corrected chi connectivity index (χ3v) is 3.86. The standard InChI is InChI=1S/C18H23N7O/c1-24(2)13-12-19-15-8-9-16-21-22-17(25(16)23-15)10-11-20-18(26)14-6-4-3-5-7-14/h3-9H,10-13H2,1-2H3,(H,19,23)(H,20,26). The number of nitrogens with zero attached hydrogens (tertiary/aromatic N) is 5. The fourth-order valence-electron chi connectivity index (χ4n) is 2.47. The molecule has 8 heteroatoms. The van der Waals surface area contributed by atoms with Gasteiger partial charge in [-0.15, -0.1) is 15.3 Å². The van der Waals surface area contributed by atoms with Gasteiger partial charge < -0.3 is 15.5 Å². The molecule has 2 heterocycles. The highest BCUT2D eigenvalue weighted by Crippen LogP contribution is 2.07. The lowest BCUT2D eigenvalue weighted by molar-refractivity contribution is 0.0954. The lowest BCUT2D eigenvalue weighted by Gasteiger charge is -2.10. The van der Waals surface area contributed by atoms with Crippen LogP contribution in [0.3, 0.4) is 0 Å². The molecule has 0 radical (unpaired) electrons. The molecule has 1 aromatic carbocycles. The summed E-state index contributed by atoms with van der Waals surface area (Å²) in [7, 11) is 4.06. The second kappa shape index (κ2) is 8.39. The number of carbonyl (C=O) groups excluding carboxylic acids is 1. The van der Waals surface area contributed by atoms with E-state index in [1.807, 2.05) is 44.4 Å². The van der Waals surface area contributed by atoms with Crippen LogP contribution in [0.4, 0.5) is 5.82 Å². The molecule has 0 bridgehead atoms. The summed E-state index contributed by atoms with van der Waals surface area (Å²) in [5, 5.41) is 19.0. The summed E-state index contributed by atoms with van der Waals surface area (Å²) in [5.74, 6) is 1.39. The maximum Gasteiger partial charge on any atom is 0.251 e. The lowest BCUT2D eigenvalue weighted by atomic mass is 10.2. The van der Waals surface area contributed by atoms with Crippen LogP contribution in [0, 0.1) is 0 Å². The van der Waals surface area contributed by atoms with Crippen LogP contribution in [-0.2, 0) is 6.42 Å². The van der Waals surface area contributed by atoms with E-state index in [4.69, 9.17) is 0 Å². The number of benzene rings is 1. The van der Waals surface area contributed by atoms with Crippen molar-refractivity contribution in [2.75, 3.05) is 39.0 Å². The normalized spacial score (nSPS) is 11.0. The Labute approximate surface area is 152 Å². The van der Waals surface area contributed by atoms with E-state index >= 15 is 0 Å². The average Bonchev–Trinajstić information content (AvgIpc) is 3.04. The largest absolute Gasteiger partial charge is 0.367 e. The second-order valence-corrected chi connectivity index (χ2v) is 6.21. The Bertz CT molecular complexity index is 860. The zero-order chi connectivity index (χ0) is 18.4. The van der Waals surface area contributed by atoms with Crippen molar-refractivity contribution in [3.63, 3.8) is 0 Å². The van der Waals surface area contributed by atoms with E-state index in [0.29, 0.717) is 30.0 Å². The molecule has 0 atom stereocenters. The van der Waals surface area contributed by atoms with Crippen LogP contribution in [0.25, 0.3) is 5.65 Å². The number of fused-ring (bicyclic) bond motifs is 1. The van der Waals surface area contributed by atoms with Gasteiger partial charge >= 0.3 is 0 Å². The summed E-state index contributed by atoms with van der Waals surface area (Å²) in [6.07, 6.45) is 0.549. The van der Waals surface area contributed by atoms with Crippen molar-refractivity contribution in [2.45, 2.75) is 6.42 Å². The average molecular weight is 353 g/mol. The SMILES string of the molecule is CN(C)CCNc1ccc2nnc(CCNC(=O)c3ccccc3)n2n1. The van der Waals surface area contributed by atoms with E-state index < -0.39 is 0 Å². The van der Waals surface area contributed by atoms with Crippen LogP contribution in [0.2, 0.25) is 0 Å². The third kappa shape index (κ3) is 4.54. The van der Waals surface area contributed by atoms with Gasteiger partial charge in [0.15, 0.2) is 11.5 Å². The molecular weight excluding hydrogens is 330 g/mol. The van der Waals surface area contributed by atoms with Crippen molar-refractivity contribution in [2.24, 2.45) is 0 Å². The number of likely N-dealkylation sites (N-methyl/N-ethyl adjacent to an activating group) is 1. The molecule has 8 nitrogen and oxygen atoms in total. The molecule has 136 valence electrons. The van der Waals surface area contributed by atoms with Gasteiger partial charge in [0.05, 0.1) is 0 Å². The Kier molecular flexibility index (Phi) is 5.75. The minimum atomic E-state index is -0.0987. The van der Waals surface area contributed by atoms with Gasteiger partial charge in [0.1, 0.15) is 5.82 Å². The van der Waals surface area contributed by atoms with Crippen LogP contribution >= 0.6 is 0 Å². The number of carbonyl (C=O) groups is 1. The first-order valence-electron chi connectivity index (χ1n) is 8.56. The molecule has 0 unspecified atom stereocenters. The first kappa shape index (κ1) is 17.8. The minimum Gasteiger partial charge on any atom is -0.367 e. The number of anilines is 1. The summed E-state index contributed by atoms with van der Waals surface area (Å²) >= 11 is 0. The Balaban J connectivity index is 1.60. The molecule has 0 spiro atoms. The Morgan fingerprint density at radius 2 is 1.88 bits per heavy atom. The zero-order valence-corrected chi connectivity index (χ0v) is 15.0. The van der Waals surface area contributed by atoms with Gasteiger partial charge in [-0.05, 0) is 38.4 Å². The van der Waals surface area contributed by atoms with E-state index in [-0.39, 0.29) is 5.91 Å². The van der Waals surface area contributed by atoms with Crippen molar-refractivity contribution in [1.29, 1.82) is 0 Å². The Morgan fingerprint density at radius 3 is 2.65 bits per heavy atom. The number of aromatic nitrogens is 4. The number of hydrogen-bond donors (Lipinski definition) is 2. The van der Waals surface area contributed by atoms with Crippen LogP contribution in [0.1, 0.15) is 16.2 Å². The molecule has 1 amide bonds. The van der Waals surface area contributed by atoms with Gasteiger partial charge in [-0.3, -0.25) is 4.79 Å². The molecule has 0 aliphatic rings. The number of amides is 1. The first-order chi connectivity index (χ1) is 12.6. The highest BCUT2D eigenvalue weighted by Gasteiger charge is 2.09. The molecule has 0 aliphatic carbocycles. The van der Waals surface area contributed by atoms with Crippen molar-refractivity contribution >= 4 is 17.4 Å². The van der Waals surface area contributed by atoms with Crippen LogP contribution in [0.15, 0.2) is 42.5 Å². The molecule has 26 heavy (non-hydrogen) atoms. The lowest BCUT2D eigenvalue weighted by Crippen LogP contribution is -2.26. The summed E-state index contributed by atoms with van der Waals surface area (Å²) < 4.78 is 1.71. The molecule has 3 aromatic rings. The second-order valence-electron chi connectivity index (χ2n) is 6.21. The van der Waals surface area contributed by atoms with Gasteiger partial charge in [0.25, 0.3) is 5.91 Å². The van der Waals surface area contributed by atoms with E-state index in [1.165, 1.54) is 0 Å². The van der Waals surface area contributed by atoms with Gasteiger partial charge in [-0.2, -0.15) is 4.52 Å². The van der Waals surface area contributed by atoms with Crippen molar-refractivity contribution in [3.8, 4) is 0 Å². The number of rotatable bonds is 8. The van der Waals surface area contributed by atoms with Crippen molar-refractivity contribution < 1.29 is 4.79 Å².